The smallest absolute Gasteiger partial charge is 0.166 e. The summed E-state index contributed by atoms with van der Waals surface area (Å²) in [6, 6.07) is 1.88. The van der Waals surface area contributed by atoms with E-state index in [2.05, 4.69) is 15.8 Å². The van der Waals surface area contributed by atoms with Crippen LogP contribution >= 0.6 is 12.2 Å². The second kappa shape index (κ2) is 5.97. The number of nitrogens with one attached hydrogen (secondary N) is 2. The molecule has 1 aromatic heterocycles. The van der Waals surface area contributed by atoms with Crippen molar-refractivity contribution in [3.8, 4) is 0 Å². The van der Waals surface area contributed by atoms with Crippen molar-refractivity contribution in [2.75, 3.05) is 13.2 Å². The summed E-state index contributed by atoms with van der Waals surface area (Å²) in [6.07, 6.45) is 2.55. The van der Waals surface area contributed by atoms with Gasteiger partial charge in [0.05, 0.1) is 12.6 Å². The van der Waals surface area contributed by atoms with E-state index in [9.17, 15) is 0 Å². The maximum absolute atomic E-state index is 5.49. The molecule has 0 amide bonds. The van der Waals surface area contributed by atoms with E-state index >= 15 is 0 Å². The third-order valence-electron chi connectivity index (χ3n) is 2.62. The van der Waals surface area contributed by atoms with Crippen molar-refractivity contribution < 1.29 is 9.26 Å². The Bertz CT molecular complexity index is 375. The number of hydrogen-bond donors (Lipinski definition) is 2. The average Bonchev–Trinajstić information content (AvgIpc) is 2.95. The zero-order chi connectivity index (χ0) is 12.1. The second-order valence-electron chi connectivity index (χ2n) is 4.13. The summed E-state index contributed by atoms with van der Waals surface area (Å²) in [6.45, 7) is 4.08. The highest BCUT2D eigenvalue weighted by molar-refractivity contribution is 7.80. The second-order valence-corrected chi connectivity index (χ2v) is 4.54. The summed E-state index contributed by atoms with van der Waals surface area (Å²) in [4.78, 5) is 0. The molecule has 0 bridgehead atoms. The predicted octanol–water partition coefficient (Wildman–Crippen LogP) is 1.13. The molecular formula is C11H17N3O2S. The van der Waals surface area contributed by atoms with Crippen LogP contribution in [0.2, 0.25) is 0 Å². The Kier molecular flexibility index (Phi) is 4.33. The lowest BCUT2D eigenvalue weighted by atomic mass is 10.2. The molecule has 2 rings (SSSR count). The van der Waals surface area contributed by atoms with Crippen LogP contribution < -0.4 is 10.6 Å². The molecular weight excluding hydrogens is 238 g/mol. The highest BCUT2D eigenvalue weighted by Gasteiger charge is 2.15. The fraction of sp³-hybridized carbons (Fsp3) is 0.636. The van der Waals surface area contributed by atoms with Gasteiger partial charge in [0.25, 0.3) is 0 Å². The van der Waals surface area contributed by atoms with Gasteiger partial charge in [-0.05, 0) is 32.0 Å². The molecule has 6 heteroatoms. The molecule has 1 atom stereocenters. The van der Waals surface area contributed by atoms with E-state index in [1.807, 2.05) is 13.0 Å². The monoisotopic (exact) mass is 255 g/mol. The van der Waals surface area contributed by atoms with Crippen LogP contribution in [0.4, 0.5) is 0 Å². The molecule has 0 radical (unpaired) electrons. The van der Waals surface area contributed by atoms with Gasteiger partial charge in [-0.3, -0.25) is 0 Å². The molecule has 94 valence electrons. The number of hydrogen-bond acceptors (Lipinski definition) is 4. The zero-order valence-electron chi connectivity index (χ0n) is 9.86. The molecule has 1 saturated heterocycles. The van der Waals surface area contributed by atoms with Gasteiger partial charge in [-0.2, -0.15) is 0 Å². The molecule has 2 heterocycles. The van der Waals surface area contributed by atoms with Crippen molar-refractivity contribution in [1.29, 1.82) is 0 Å². The first-order valence-corrected chi connectivity index (χ1v) is 6.20. The molecule has 0 unspecified atom stereocenters. The summed E-state index contributed by atoms with van der Waals surface area (Å²) in [5, 5.41) is 10.7. The Morgan fingerprint density at radius 3 is 3.12 bits per heavy atom. The lowest BCUT2D eigenvalue weighted by molar-refractivity contribution is 0.114. The van der Waals surface area contributed by atoms with Crippen molar-refractivity contribution >= 4 is 17.3 Å². The molecule has 1 aliphatic heterocycles. The van der Waals surface area contributed by atoms with E-state index in [4.69, 9.17) is 21.5 Å². The van der Waals surface area contributed by atoms with Crippen LogP contribution in [-0.4, -0.2) is 29.5 Å². The summed E-state index contributed by atoms with van der Waals surface area (Å²) < 4.78 is 10.5. The minimum absolute atomic E-state index is 0.295. The molecule has 0 saturated carbocycles. The number of nitrogens with zero attached hydrogens (tertiary/aromatic N) is 1. The normalized spacial score (nSPS) is 19.2. The van der Waals surface area contributed by atoms with Crippen LogP contribution in [0.25, 0.3) is 0 Å². The number of ether oxygens (including phenoxy) is 1. The lowest BCUT2D eigenvalue weighted by Gasteiger charge is -2.13. The van der Waals surface area contributed by atoms with E-state index in [0.29, 0.717) is 17.8 Å². The number of thiocarbonyl (C=S) groups is 1. The maximum atomic E-state index is 5.49. The molecule has 2 N–H and O–H groups in total. The number of aromatic nitrogens is 1. The summed E-state index contributed by atoms with van der Waals surface area (Å²) in [5.41, 5.74) is 0.851. The first-order valence-electron chi connectivity index (χ1n) is 5.79. The third kappa shape index (κ3) is 3.98. The van der Waals surface area contributed by atoms with Crippen molar-refractivity contribution in [3.63, 3.8) is 0 Å². The zero-order valence-corrected chi connectivity index (χ0v) is 10.7. The lowest BCUT2D eigenvalue weighted by Crippen LogP contribution is -2.39. The fourth-order valence-corrected chi connectivity index (χ4v) is 1.90. The van der Waals surface area contributed by atoms with Crippen LogP contribution in [-0.2, 0) is 11.3 Å². The van der Waals surface area contributed by atoms with Gasteiger partial charge < -0.3 is 19.9 Å². The Morgan fingerprint density at radius 2 is 2.47 bits per heavy atom. The SMILES string of the molecule is Cc1cc(CNC(=S)NC[C@H]2CCCO2)no1. The van der Waals surface area contributed by atoms with Crippen LogP contribution in [0.1, 0.15) is 24.3 Å². The van der Waals surface area contributed by atoms with Gasteiger partial charge in [0.2, 0.25) is 0 Å². The van der Waals surface area contributed by atoms with E-state index in [0.717, 1.165) is 37.4 Å². The van der Waals surface area contributed by atoms with Gasteiger partial charge in [-0.1, -0.05) is 5.16 Å². The van der Waals surface area contributed by atoms with Crippen molar-refractivity contribution in [2.24, 2.45) is 0 Å². The van der Waals surface area contributed by atoms with Gasteiger partial charge in [-0.25, -0.2) is 0 Å². The van der Waals surface area contributed by atoms with Gasteiger partial charge in [0.15, 0.2) is 5.11 Å². The molecule has 1 aliphatic rings. The molecule has 0 aromatic carbocycles. The summed E-state index contributed by atoms with van der Waals surface area (Å²) >= 11 is 5.16. The average molecular weight is 255 g/mol. The number of rotatable bonds is 4. The largest absolute Gasteiger partial charge is 0.376 e. The predicted molar refractivity (Wildman–Crippen MR) is 67.7 cm³/mol. The van der Waals surface area contributed by atoms with Gasteiger partial charge in [0.1, 0.15) is 11.5 Å². The Morgan fingerprint density at radius 1 is 1.59 bits per heavy atom. The molecule has 5 nitrogen and oxygen atoms in total. The molecule has 17 heavy (non-hydrogen) atoms. The third-order valence-corrected chi connectivity index (χ3v) is 2.91. The molecule has 0 aliphatic carbocycles. The highest BCUT2D eigenvalue weighted by Crippen LogP contribution is 2.10. The van der Waals surface area contributed by atoms with Gasteiger partial charge in [-0.15, -0.1) is 0 Å². The molecule has 1 fully saturated rings. The Labute approximate surface area is 106 Å². The van der Waals surface area contributed by atoms with Crippen LogP contribution in [0.5, 0.6) is 0 Å². The molecule has 1 aromatic rings. The van der Waals surface area contributed by atoms with Crippen molar-refractivity contribution in [1.82, 2.24) is 15.8 Å². The summed E-state index contributed by atoms with van der Waals surface area (Å²) in [7, 11) is 0. The highest BCUT2D eigenvalue weighted by atomic mass is 32.1. The van der Waals surface area contributed by atoms with Crippen LogP contribution in [0, 0.1) is 6.92 Å². The van der Waals surface area contributed by atoms with E-state index in [1.54, 1.807) is 0 Å². The minimum Gasteiger partial charge on any atom is -0.376 e. The number of aryl methyl sites for hydroxylation is 1. The van der Waals surface area contributed by atoms with Gasteiger partial charge in [0, 0.05) is 19.2 Å². The molecule has 0 spiro atoms. The van der Waals surface area contributed by atoms with E-state index < -0.39 is 0 Å². The van der Waals surface area contributed by atoms with Crippen LogP contribution in [0.3, 0.4) is 0 Å². The van der Waals surface area contributed by atoms with Crippen molar-refractivity contribution in [3.05, 3.63) is 17.5 Å². The Balaban J connectivity index is 1.63. The maximum Gasteiger partial charge on any atom is 0.166 e. The van der Waals surface area contributed by atoms with E-state index in [-0.39, 0.29) is 0 Å². The first kappa shape index (κ1) is 12.3. The first-order chi connectivity index (χ1) is 8.24. The summed E-state index contributed by atoms with van der Waals surface area (Å²) in [5.74, 6) is 0.806. The van der Waals surface area contributed by atoms with Crippen LogP contribution in [0.15, 0.2) is 10.6 Å². The van der Waals surface area contributed by atoms with Crippen molar-refractivity contribution in [2.45, 2.75) is 32.4 Å². The fourth-order valence-electron chi connectivity index (χ4n) is 1.75. The quantitative estimate of drug-likeness (QED) is 0.786. The minimum atomic E-state index is 0.295. The Hall–Kier alpha value is -1.14. The standard InChI is InChI=1S/C11H17N3O2S/c1-8-5-9(14-16-8)6-12-11(17)13-7-10-3-2-4-15-10/h5,10H,2-4,6-7H2,1H3,(H2,12,13,17)/t10-/m1/s1. The topological polar surface area (TPSA) is 59.3 Å². The van der Waals surface area contributed by atoms with E-state index in [1.165, 1.54) is 0 Å². The van der Waals surface area contributed by atoms with Gasteiger partial charge >= 0.3 is 0 Å².